The van der Waals surface area contributed by atoms with Gasteiger partial charge in [0.25, 0.3) is 10.0 Å². The number of likely N-dealkylation sites (tertiary alicyclic amines) is 1. The van der Waals surface area contributed by atoms with Crippen LogP contribution >= 0.6 is 0 Å². The van der Waals surface area contributed by atoms with Crippen molar-refractivity contribution in [3.05, 3.63) is 42.2 Å². The van der Waals surface area contributed by atoms with E-state index in [1.165, 1.54) is 24.3 Å². The van der Waals surface area contributed by atoms with Gasteiger partial charge in [0.1, 0.15) is 12.4 Å². The van der Waals surface area contributed by atoms with Crippen LogP contribution in [-0.4, -0.2) is 48.4 Å². The van der Waals surface area contributed by atoms with Crippen molar-refractivity contribution < 1.29 is 26.4 Å². The van der Waals surface area contributed by atoms with Crippen LogP contribution in [0.3, 0.4) is 0 Å². The van der Waals surface area contributed by atoms with E-state index in [4.69, 9.17) is 0 Å². The van der Waals surface area contributed by atoms with Crippen molar-refractivity contribution in [3.8, 4) is 0 Å². The van der Waals surface area contributed by atoms with Crippen LogP contribution in [0.15, 0.2) is 45.8 Å². The zero-order valence-electron chi connectivity index (χ0n) is 15.3. The fourth-order valence-electron chi connectivity index (χ4n) is 2.78. The third-order valence-electron chi connectivity index (χ3n) is 4.21. The maximum absolute atomic E-state index is 12.6. The summed E-state index contributed by atoms with van der Waals surface area (Å²) in [6.07, 6.45) is -2.17. The Morgan fingerprint density at radius 1 is 1.31 bits per heavy atom. The van der Waals surface area contributed by atoms with E-state index in [0.29, 0.717) is 12.3 Å². The van der Waals surface area contributed by atoms with Gasteiger partial charge in [-0.05, 0) is 30.7 Å². The number of hydrogen-bond acceptors (Lipinski definition) is 4. The largest absolute Gasteiger partial charge is 0.435 e. The smallest absolute Gasteiger partial charge is 0.362 e. The molecule has 29 heavy (non-hydrogen) atoms. The molecule has 1 aliphatic rings. The molecule has 8 nitrogen and oxygen atoms in total. The number of carbonyl (C=O) groups excluding carboxylic acids is 1. The van der Waals surface area contributed by atoms with Crippen molar-refractivity contribution >= 4 is 27.5 Å². The quantitative estimate of drug-likeness (QED) is 0.787. The summed E-state index contributed by atoms with van der Waals surface area (Å²) in [5.41, 5.74) is -0.923. The van der Waals surface area contributed by atoms with E-state index in [1.54, 1.807) is 11.9 Å². The Hall–Kier alpha value is -2.89. The van der Waals surface area contributed by atoms with Gasteiger partial charge in [-0.1, -0.05) is 6.07 Å². The molecule has 156 valence electrons. The second-order valence-corrected chi connectivity index (χ2v) is 8.08. The lowest BCUT2D eigenvalue weighted by atomic mass is 10.3. The van der Waals surface area contributed by atoms with Gasteiger partial charge in [-0.15, -0.1) is 4.40 Å². The first-order valence-electron chi connectivity index (χ1n) is 8.60. The molecule has 0 saturated carbocycles. The number of nitrogens with one attached hydrogen (secondary N) is 1. The van der Waals surface area contributed by atoms with Gasteiger partial charge in [0.05, 0.1) is 4.90 Å². The molecule has 1 fully saturated rings. The average molecular weight is 429 g/mol. The summed E-state index contributed by atoms with van der Waals surface area (Å²) in [7, 11) is -2.19. The molecular formula is C17H18F3N5O3S. The number of rotatable bonds is 5. The summed E-state index contributed by atoms with van der Waals surface area (Å²) >= 11 is 0. The van der Waals surface area contributed by atoms with Crippen molar-refractivity contribution in [2.45, 2.75) is 30.5 Å². The number of hydrogen-bond donors (Lipinski definition) is 1. The van der Waals surface area contributed by atoms with Crippen LogP contribution in [-0.2, 0) is 27.5 Å². The Labute approximate surface area is 165 Å². The Bertz CT molecular complexity index is 1050. The molecule has 0 spiro atoms. The summed E-state index contributed by atoms with van der Waals surface area (Å²) in [4.78, 5) is 13.8. The van der Waals surface area contributed by atoms with Gasteiger partial charge in [-0.3, -0.25) is 9.48 Å². The molecule has 0 radical (unpaired) electrons. The average Bonchev–Trinajstić information content (AvgIpc) is 3.24. The minimum Gasteiger partial charge on any atom is -0.362 e. The molecule has 0 atom stereocenters. The van der Waals surface area contributed by atoms with Crippen LogP contribution in [0.25, 0.3) is 0 Å². The summed E-state index contributed by atoms with van der Waals surface area (Å²) in [5, 5.41) is 5.75. The summed E-state index contributed by atoms with van der Waals surface area (Å²) in [5.74, 6) is -0.184. The summed E-state index contributed by atoms with van der Waals surface area (Å²) < 4.78 is 67.4. The van der Waals surface area contributed by atoms with E-state index in [9.17, 15) is 26.4 Å². The summed E-state index contributed by atoms with van der Waals surface area (Å²) in [6, 6.07) is 6.27. The highest BCUT2D eigenvalue weighted by molar-refractivity contribution is 7.90. The zero-order valence-corrected chi connectivity index (χ0v) is 16.2. The lowest BCUT2D eigenvalue weighted by Gasteiger charge is -2.11. The number of amidine groups is 1. The number of nitrogens with zero attached hydrogens (tertiary/aromatic N) is 4. The Morgan fingerprint density at radius 3 is 2.69 bits per heavy atom. The number of benzene rings is 1. The fraction of sp³-hybridized carbons (Fsp3) is 0.353. The van der Waals surface area contributed by atoms with Crippen LogP contribution in [0.1, 0.15) is 18.5 Å². The van der Waals surface area contributed by atoms with Crippen molar-refractivity contribution in [3.63, 3.8) is 0 Å². The van der Waals surface area contributed by atoms with E-state index in [-0.39, 0.29) is 10.6 Å². The number of sulfonamides is 1. The third-order valence-corrected chi connectivity index (χ3v) is 5.51. The predicted molar refractivity (Wildman–Crippen MR) is 98.8 cm³/mol. The van der Waals surface area contributed by atoms with Gasteiger partial charge < -0.3 is 10.2 Å². The zero-order chi connectivity index (χ0) is 21.2. The van der Waals surface area contributed by atoms with E-state index < -0.39 is 34.3 Å². The van der Waals surface area contributed by atoms with Gasteiger partial charge in [0.2, 0.25) is 5.91 Å². The van der Waals surface area contributed by atoms with Gasteiger partial charge >= 0.3 is 6.18 Å². The molecule has 0 bridgehead atoms. The highest BCUT2D eigenvalue weighted by atomic mass is 32.2. The van der Waals surface area contributed by atoms with Crippen LogP contribution in [0, 0.1) is 0 Å². The molecule has 1 amide bonds. The molecule has 1 aromatic heterocycles. The molecular weight excluding hydrogens is 411 g/mol. The van der Waals surface area contributed by atoms with Gasteiger partial charge in [-0.2, -0.15) is 26.7 Å². The molecule has 2 heterocycles. The minimum atomic E-state index is -4.60. The first-order chi connectivity index (χ1) is 13.5. The topological polar surface area (TPSA) is 96.7 Å². The maximum Gasteiger partial charge on any atom is 0.435 e. The van der Waals surface area contributed by atoms with Crippen LogP contribution in [0.4, 0.5) is 18.9 Å². The van der Waals surface area contributed by atoms with Gasteiger partial charge in [0, 0.05) is 31.9 Å². The van der Waals surface area contributed by atoms with E-state index in [2.05, 4.69) is 14.8 Å². The number of halogens is 3. The molecule has 2 aromatic rings. The fourth-order valence-corrected chi connectivity index (χ4v) is 3.92. The van der Waals surface area contributed by atoms with Crippen LogP contribution in [0.5, 0.6) is 0 Å². The lowest BCUT2D eigenvalue weighted by Crippen LogP contribution is -2.21. The lowest BCUT2D eigenvalue weighted by molar-refractivity contribution is -0.141. The maximum atomic E-state index is 12.6. The highest BCUT2D eigenvalue weighted by Crippen LogP contribution is 2.27. The van der Waals surface area contributed by atoms with Crippen LogP contribution in [0.2, 0.25) is 0 Å². The van der Waals surface area contributed by atoms with Gasteiger partial charge in [-0.25, -0.2) is 0 Å². The van der Waals surface area contributed by atoms with Crippen molar-refractivity contribution in [2.24, 2.45) is 4.40 Å². The molecule has 3 rings (SSSR count). The Balaban J connectivity index is 1.71. The Kier molecular flexibility index (Phi) is 5.64. The standard InChI is InChI=1S/C17H18F3N5O3S/c1-24-8-3-6-15(24)23-29(27,28)13-5-2-4-12(10-13)21-16(26)11-25-9-7-14(22-25)17(18,19)20/h2,4-5,7,9-10H,3,6,8,11H2,1H3,(H,21,26)/b23-15+. The van der Waals surface area contributed by atoms with Crippen molar-refractivity contribution in [1.29, 1.82) is 0 Å². The Morgan fingerprint density at radius 2 is 2.07 bits per heavy atom. The summed E-state index contributed by atoms with van der Waals surface area (Å²) in [6.45, 7) is 0.272. The first-order valence-corrected chi connectivity index (χ1v) is 10.0. The first kappa shape index (κ1) is 20.8. The van der Waals surface area contributed by atoms with Gasteiger partial charge in [0.15, 0.2) is 5.69 Å². The number of carbonyl (C=O) groups is 1. The minimum absolute atomic E-state index is 0.0958. The molecule has 1 N–H and O–H groups in total. The van der Waals surface area contributed by atoms with Crippen LogP contribution < -0.4 is 5.32 Å². The number of anilines is 1. The normalized spacial score (nSPS) is 16.4. The van der Waals surface area contributed by atoms with Crippen molar-refractivity contribution in [1.82, 2.24) is 14.7 Å². The molecule has 1 aromatic carbocycles. The third kappa shape index (κ3) is 5.13. The number of aromatic nitrogens is 2. The van der Waals surface area contributed by atoms with E-state index in [1.807, 2.05) is 0 Å². The molecule has 1 saturated heterocycles. The van der Waals surface area contributed by atoms with Crippen molar-refractivity contribution in [2.75, 3.05) is 18.9 Å². The molecule has 0 unspecified atom stereocenters. The highest BCUT2D eigenvalue weighted by Gasteiger charge is 2.33. The monoisotopic (exact) mass is 429 g/mol. The number of amides is 1. The SMILES string of the molecule is CN1CCC/C1=N\S(=O)(=O)c1cccc(NC(=O)Cn2ccc(C(F)(F)F)n2)c1. The predicted octanol–water partition coefficient (Wildman–Crippen LogP) is 2.35. The molecule has 12 heteroatoms. The number of alkyl halides is 3. The van der Waals surface area contributed by atoms with E-state index in [0.717, 1.165) is 29.9 Å². The molecule has 0 aliphatic carbocycles. The molecule has 1 aliphatic heterocycles. The second-order valence-electron chi connectivity index (χ2n) is 6.48. The second kappa shape index (κ2) is 7.85. The van der Waals surface area contributed by atoms with E-state index >= 15 is 0 Å².